The molecule has 0 aromatic heterocycles. The third-order valence-corrected chi connectivity index (χ3v) is 1.91. The average Bonchev–Trinajstić information content (AvgIpc) is 2.07. The molecule has 1 aromatic rings. The van der Waals surface area contributed by atoms with E-state index in [-0.39, 0.29) is 0 Å². The molecule has 0 heterocycles. The van der Waals surface area contributed by atoms with Crippen LogP contribution < -0.4 is 5.73 Å². The van der Waals surface area contributed by atoms with E-state index in [0.29, 0.717) is 6.04 Å². The second kappa shape index (κ2) is 4.14. The van der Waals surface area contributed by atoms with E-state index in [9.17, 15) is 0 Å². The Morgan fingerprint density at radius 3 is 2.45 bits per heavy atom. The molecule has 0 aliphatic carbocycles. The number of benzene rings is 1. The largest absolute Gasteiger partial charge is 0.351 e. The van der Waals surface area contributed by atoms with Gasteiger partial charge in [-0.15, -0.1) is 0 Å². The molecule has 0 aliphatic heterocycles. The molecule has 1 aromatic carbocycles. The second-order valence-electron chi connectivity index (χ2n) is 2.90. The van der Waals surface area contributed by atoms with E-state index in [0.717, 1.165) is 0 Å². The summed E-state index contributed by atoms with van der Waals surface area (Å²) < 4.78 is 0. The molecular formula is C10H16N+. The van der Waals surface area contributed by atoms with Gasteiger partial charge in [-0.1, -0.05) is 43.7 Å². The summed E-state index contributed by atoms with van der Waals surface area (Å²) in [5, 5.41) is 0. The molecule has 1 unspecified atom stereocenters. The molecule has 0 amide bonds. The van der Waals surface area contributed by atoms with Crippen LogP contribution >= 0.6 is 0 Å². The zero-order valence-electron chi connectivity index (χ0n) is 7.09. The Hall–Kier alpha value is -0.820. The lowest BCUT2D eigenvalue weighted by atomic mass is 10.0. The van der Waals surface area contributed by atoms with Gasteiger partial charge in [-0.2, -0.15) is 0 Å². The van der Waals surface area contributed by atoms with Gasteiger partial charge in [0.05, 0.1) is 0 Å². The lowest BCUT2D eigenvalue weighted by Crippen LogP contribution is -2.53. The Morgan fingerprint density at radius 2 is 1.91 bits per heavy atom. The number of hydrogen-bond donors (Lipinski definition) is 1. The van der Waals surface area contributed by atoms with Crippen molar-refractivity contribution >= 4 is 0 Å². The highest BCUT2D eigenvalue weighted by Crippen LogP contribution is 2.12. The van der Waals surface area contributed by atoms with E-state index in [2.05, 4.69) is 36.9 Å². The second-order valence-corrected chi connectivity index (χ2v) is 2.90. The molecule has 1 rings (SSSR count). The molecule has 1 heteroatoms. The molecule has 1 atom stereocenters. The molecule has 3 N–H and O–H groups in total. The predicted molar refractivity (Wildman–Crippen MR) is 47.0 cm³/mol. The Morgan fingerprint density at radius 1 is 1.27 bits per heavy atom. The topological polar surface area (TPSA) is 27.6 Å². The van der Waals surface area contributed by atoms with Crippen molar-refractivity contribution < 1.29 is 5.73 Å². The summed E-state index contributed by atoms with van der Waals surface area (Å²) in [6.45, 7) is 2.20. The molecule has 11 heavy (non-hydrogen) atoms. The zero-order valence-corrected chi connectivity index (χ0v) is 7.09. The summed E-state index contributed by atoms with van der Waals surface area (Å²) in [6, 6.07) is 11.0. The lowest BCUT2D eigenvalue weighted by Gasteiger charge is -2.05. The van der Waals surface area contributed by atoms with Crippen LogP contribution in [0, 0.1) is 0 Å². The van der Waals surface area contributed by atoms with Crippen molar-refractivity contribution in [3.63, 3.8) is 0 Å². The molecule has 0 fully saturated rings. The van der Waals surface area contributed by atoms with E-state index in [1.165, 1.54) is 18.4 Å². The first-order chi connectivity index (χ1) is 5.34. The van der Waals surface area contributed by atoms with Crippen LogP contribution in [0.15, 0.2) is 30.3 Å². The van der Waals surface area contributed by atoms with E-state index < -0.39 is 0 Å². The van der Waals surface area contributed by atoms with Gasteiger partial charge < -0.3 is 5.73 Å². The zero-order chi connectivity index (χ0) is 8.10. The van der Waals surface area contributed by atoms with Crippen LogP contribution in [-0.4, -0.2) is 0 Å². The maximum Gasteiger partial charge on any atom is 0.110 e. The smallest absolute Gasteiger partial charge is 0.110 e. The quantitative estimate of drug-likeness (QED) is 0.680. The molecule has 0 aliphatic rings. The van der Waals surface area contributed by atoms with Gasteiger partial charge in [0.2, 0.25) is 0 Å². The van der Waals surface area contributed by atoms with Crippen molar-refractivity contribution in [2.75, 3.05) is 0 Å². The standard InChI is InChI=1S/C10H15N/c1-2-6-10(11)9-7-4-3-5-8-9/h3-5,7-8,10H,2,6,11H2,1H3/p+1. The molecule has 0 radical (unpaired) electrons. The Labute approximate surface area is 68.2 Å². The van der Waals surface area contributed by atoms with E-state index in [1.54, 1.807) is 0 Å². The van der Waals surface area contributed by atoms with Crippen molar-refractivity contribution in [1.29, 1.82) is 0 Å². The highest BCUT2D eigenvalue weighted by atomic mass is 14.6. The fraction of sp³-hybridized carbons (Fsp3) is 0.400. The lowest BCUT2D eigenvalue weighted by molar-refractivity contribution is -0.428. The maximum atomic E-state index is 4.10. The minimum Gasteiger partial charge on any atom is -0.351 e. The maximum absolute atomic E-state index is 4.10. The first kappa shape index (κ1) is 8.28. The van der Waals surface area contributed by atoms with Gasteiger partial charge in [0.15, 0.2) is 0 Å². The third kappa shape index (κ3) is 2.35. The van der Waals surface area contributed by atoms with E-state index in [4.69, 9.17) is 0 Å². The minimum atomic E-state index is 0.473. The van der Waals surface area contributed by atoms with Crippen LogP contribution in [-0.2, 0) is 0 Å². The summed E-state index contributed by atoms with van der Waals surface area (Å²) in [4.78, 5) is 0. The number of rotatable bonds is 3. The highest BCUT2D eigenvalue weighted by molar-refractivity contribution is 5.16. The molecule has 0 saturated carbocycles. The van der Waals surface area contributed by atoms with Gasteiger partial charge >= 0.3 is 0 Å². The van der Waals surface area contributed by atoms with Crippen LogP contribution in [0.4, 0.5) is 0 Å². The van der Waals surface area contributed by atoms with Crippen molar-refractivity contribution in [3.05, 3.63) is 35.9 Å². The van der Waals surface area contributed by atoms with Crippen LogP contribution in [0.2, 0.25) is 0 Å². The van der Waals surface area contributed by atoms with Crippen LogP contribution in [0.5, 0.6) is 0 Å². The number of hydrogen-bond acceptors (Lipinski definition) is 0. The fourth-order valence-electron chi connectivity index (χ4n) is 1.24. The summed E-state index contributed by atoms with van der Waals surface area (Å²) in [7, 11) is 0. The SMILES string of the molecule is CCCC([NH3+])c1ccccc1. The van der Waals surface area contributed by atoms with Crippen LogP contribution in [0.25, 0.3) is 0 Å². The Kier molecular flexibility index (Phi) is 3.12. The van der Waals surface area contributed by atoms with Crippen molar-refractivity contribution in [1.82, 2.24) is 0 Å². The molecule has 0 saturated heterocycles. The summed E-state index contributed by atoms with van der Waals surface area (Å²) in [5.41, 5.74) is 5.45. The third-order valence-electron chi connectivity index (χ3n) is 1.91. The first-order valence-corrected chi connectivity index (χ1v) is 4.22. The average molecular weight is 150 g/mol. The monoisotopic (exact) mass is 150 g/mol. The van der Waals surface area contributed by atoms with Gasteiger partial charge in [-0.25, -0.2) is 0 Å². The summed E-state index contributed by atoms with van der Waals surface area (Å²) >= 11 is 0. The van der Waals surface area contributed by atoms with E-state index >= 15 is 0 Å². The van der Waals surface area contributed by atoms with Crippen LogP contribution in [0.3, 0.4) is 0 Å². The summed E-state index contributed by atoms with van der Waals surface area (Å²) in [6.07, 6.45) is 2.40. The molecule has 60 valence electrons. The van der Waals surface area contributed by atoms with Crippen molar-refractivity contribution in [2.24, 2.45) is 0 Å². The highest BCUT2D eigenvalue weighted by Gasteiger charge is 2.05. The number of quaternary nitrogens is 1. The summed E-state index contributed by atoms with van der Waals surface area (Å²) in [5.74, 6) is 0. The molecule has 0 bridgehead atoms. The molecular weight excluding hydrogens is 134 g/mol. The van der Waals surface area contributed by atoms with Gasteiger partial charge in [0.25, 0.3) is 0 Å². The van der Waals surface area contributed by atoms with Crippen LogP contribution in [0.1, 0.15) is 31.4 Å². The van der Waals surface area contributed by atoms with Gasteiger partial charge in [-0.05, 0) is 0 Å². The predicted octanol–water partition coefficient (Wildman–Crippen LogP) is 1.77. The first-order valence-electron chi connectivity index (χ1n) is 4.22. The molecule has 0 spiro atoms. The Balaban J connectivity index is 2.61. The molecule has 1 nitrogen and oxygen atoms in total. The van der Waals surface area contributed by atoms with E-state index in [1.807, 2.05) is 6.07 Å². The Bertz CT molecular complexity index is 193. The van der Waals surface area contributed by atoms with Crippen molar-refractivity contribution in [2.45, 2.75) is 25.8 Å². The fourth-order valence-corrected chi connectivity index (χ4v) is 1.24. The van der Waals surface area contributed by atoms with Gasteiger partial charge in [-0.3, -0.25) is 0 Å². The minimum absolute atomic E-state index is 0.473. The normalized spacial score (nSPS) is 12.9. The van der Waals surface area contributed by atoms with Gasteiger partial charge in [0, 0.05) is 12.0 Å². The van der Waals surface area contributed by atoms with Crippen molar-refractivity contribution in [3.8, 4) is 0 Å². The van der Waals surface area contributed by atoms with Gasteiger partial charge in [0.1, 0.15) is 6.04 Å².